The maximum Gasteiger partial charge on any atom is 0.305 e. The van der Waals surface area contributed by atoms with Crippen LogP contribution in [0.15, 0.2) is 12.2 Å². The van der Waals surface area contributed by atoms with Crippen LogP contribution in [0.5, 0.6) is 0 Å². The monoisotopic (exact) mass is 450 g/mol. The minimum absolute atomic E-state index is 0.0125. The molecule has 0 aromatic carbocycles. The van der Waals surface area contributed by atoms with Crippen LogP contribution in [-0.2, 0) is 9.53 Å². The summed E-state index contributed by atoms with van der Waals surface area (Å²) in [7, 11) is 0. The highest BCUT2D eigenvalue weighted by molar-refractivity contribution is 5.69. The summed E-state index contributed by atoms with van der Waals surface area (Å²) < 4.78 is 5.39. The number of allylic oxidation sites excluding steroid dienone is 2. The predicted molar refractivity (Wildman–Crippen MR) is 142 cm³/mol. The van der Waals surface area contributed by atoms with Crippen molar-refractivity contribution in [2.24, 2.45) is 0 Å². The van der Waals surface area contributed by atoms with Gasteiger partial charge in [0.1, 0.15) is 0 Å². The van der Waals surface area contributed by atoms with Crippen LogP contribution >= 0.6 is 0 Å². The van der Waals surface area contributed by atoms with E-state index >= 15 is 0 Å². The fourth-order valence-corrected chi connectivity index (χ4v) is 4.19. The van der Waals surface area contributed by atoms with Crippen molar-refractivity contribution in [3.63, 3.8) is 0 Å². The Labute approximate surface area is 202 Å². The van der Waals surface area contributed by atoms with Crippen molar-refractivity contribution in [3.05, 3.63) is 12.2 Å². The van der Waals surface area contributed by atoms with Crippen molar-refractivity contribution >= 4 is 5.97 Å². The molecular formula is C30H58O2. The molecule has 32 heavy (non-hydrogen) atoms. The van der Waals surface area contributed by atoms with Crippen LogP contribution in [0.1, 0.15) is 168 Å². The number of hydrogen-bond donors (Lipinski definition) is 0. The van der Waals surface area contributed by atoms with Gasteiger partial charge in [-0.15, -0.1) is 0 Å². The average Bonchev–Trinajstić information content (AvgIpc) is 2.80. The number of unbranched alkanes of at least 4 members (excludes halogenated alkanes) is 20. The quantitative estimate of drug-likeness (QED) is 0.0744. The normalized spacial score (nSPS) is 11.4. The third kappa shape index (κ3) is 27.2. The Morgan fingerprint density at radius 3 is 1.34 bits per heavy atom. The van der Waals surface area contributed by atoms with Gasteiger partial charge in [-0.3, -0.25) is 4.79 Å². The van der Waals surface area contributed by atoms with E-state index in [9.17, 15) is 4.79 Å². The molecule has 190 valence electrons. The first-order valence-corrected chi connectivity index (χ1v) is 14.6. The summed E-state index contributed by atoms with van der Waals surface area (Å²) in [5.41, 5.74) is 0. The van der Waals surface area contributed by atoms with E-state index in [-0.39, 0.29) is 5.97 Å². The summed E-state index contributed by atoms with van der Waals surface area (Å²) in [5.74, 6) is 0.0125. The molecule has 0 heterocycles. The van der Waals surface area contributed by atoms with E-state index in [1.54, 1.807) is 0 Å². The largest absolute Gasteiger partial charge is 0.466 e. The second-order valence-corrected chi connectivity index (χ2v) is 9.74. The Morgan fingerprint density at radius 1 is 0.500 bits per heavy atom. The molecule has 0 radical (unpaired) electrons. The molecule has 0 aliphatic carbocycles. The summed E-state index contributed by atoms with van der Waals surface area (Å²) >= 11 is 0. The molecule has 0 unspecified atom stereocenters. The van der Waals surface area contributed by atoms with E-state index in [0.717, 1.165) is 19.3 Å². The lowest BCUT2D eigenvalue weighted by Crippen LogP contribution is -2.05. The van der Waals surface area contributed by atoms with Crippen molar-refractivity contribution in [1.82, 2.24) is 0 Å². The fraction of sp³-hybridized carbons (Fsp3) is 0.900. The molecule has 2 heteroatoms. The Kier molecular flexibility index (Phi) is 27.5. The summed E-state index contributed by atoms with van der Waals surface area (Å²) in [5, 5.41) is 0. The molecular weight excluding hydrogens is 392 g/mol. The standard InChI is InChI=1S/C30H58O2/c1-3-5-7-9-11-13-15-16-17-18-19-20-22-24-26-28-30(31)32-29-27-25-23-21-14-12-10-8-6-4-2/h16-17H,3-15,18-29H2,1-2H3/b17-16-. The van der Waals surface area contributed by atoms with Gasteiger partial charge in [-0.1, -0.05) is 135 Å². The first-order chi connectivity index (χ1) is 15.8. The molecule has 0 saturated heterocycles. The zero-order chi connectivity index (χ0) is 23.4. The maximum atomic E-state index is 11.8. The Hall–Kier alpha value is -0.790. The molecule has 0 saturated carbocycles. The van der Waals surface area contributed by atoms with Crippen LogP contribution in [0.25, 0.3) is 0 Å². The lowest BCUT2D eigenvalue weighted by atomic mass is 10.1. The second kappa shape index (κ2) is 28.2. The molecule has 0 aliphatic rings. The van der Waals surface area contributed by atoms with Crippen molar-refractivity contribution in [1.29, 1.82) is 0 Å². The third-order valence-corrected chi connectivity index (χ3v) is 6.40. The molecule has 0 bridgehead atoms. The Bertz CT molecular complexity index is 388. The number of rotatable bonds is 26. The summed E-state index contributed by atoms with van der Waals surface area (Å²) in [6.45, 7) is 5.17. The highest BCUT2D eigenvalue weighted by Gasteiger charge is 2.02. The van der Waals surface area contributed by atoms with Gasteiger partial charge >= 0.3 is 5.97 Å². The van der Waals surface area contributed by atoms with Gasteiger partial charge in [0, 0.05) is 6.42 Å². The first kappa shape index (κ1) is 31.2. The molecule has 0 spiro atoms. The maximum absolute atomic E-state index is 11.8. The van der Waals surface area contributed by atoms with Crippen molar-refractivity contribution in [2.45, 2.75) is 168 Å². The lowest BCUT2D eigenvalue weighted by Gasteiger charge is -2.05. The first-order valence-electron chi connectivity index (χ1n) is 14.6. The summed E-state index contributed by atoms with van der Waals surface area (Å²) in [6.07, 6.45) is 35.3. The fourth-order valence-electron chi connectivity index (χ4n) is 4.19. The van der Waals surface area contributed by atoms with Crippen molar-refractivity contribution in [2.75, 3.05) is 6.61 Å². The zero-order valence-electron chi connectivity index (χ0n) is 22.1. The Morgan fingerprint density at radius 2 is 0.875 bits per heavy atom. The van der Waals surface area contributed by atoms with E-state index in [1.165, 1.54) is 128 Å². The average molecular weight is 451 g/mol. The van der Waals surface area contributed by atoms with E-state index in [2.05, 4.69) is 26.0 Å². The van der Waals surface area contributed by atoms with Gasteiger partial charge < -0.3 is 4.74 Å². The number of ether oxygens (including phenoxy) is 1. The van der Waals surface area contributed by atoms with Gasteiger partial charge in [0.2, 0.25) is 0 Å². The minimum Gasteiger partial charge on any atom is -0.466 e. The number of hydrogen-bond acceptors (Lipinski definition) is 2. The van der Waals surface area contributed by atoms with Gasteiger partial charge in [0.25, 0.3) is 0 Å². The van der Waals surface area contributed by atoms with Crippen LogP contribution in [0.2, 0.25) is 0 Å². The SMILES string of the molecule is CCCCCCCC/C=C\CCCCCCCC(=O)OCCCCCCCCCCCC. The topological polar surface area (TPSA) is 26.3 Å². The van der Waals surface area contributed by atoms with Crippen LogP contribution in [0, 0.1) is 0 Å². The van der Waals surface area contributed by atoms with Crippen LogP contribution in [-0.4, -0.2) is 12.6 Å². The molecule has 0 atom stereocenters. The van der Waals surface area contributed by atoms with Gasteiger partial charge in [-0.05, 0) is 38.5 Å². The van der Waals surface area contributed by atoms with Gasteiger partial charge in [0.05, 0.1) is 6.61 Å². The van der Waals surface area contributed by atoms with E-state index in [1.807, 2.05) is 0 Å². The highest BCUT2D eigenvalue weighted by Crippen LogP contribution is 2.12. The van der Waals surface area contributed by atoms with Gasteiger partial charge in [0.15, 0.2) is 0 Å². The van der Waals surface area contributed by atoms with Crippen molar-refractivity contribution < 1.29 is 9.53 Å². The zero-order valence-corrected chi connectivity index (χ0v) is 22.1. The molecule has 0 N–H and O–H groups in total. The van der Waals surface area contributed by atoms with Crippen LogP contribution < -0.4 is 0 Å². The molecule has 0 aromatic rings. The molecule has 0 aromatic heterocycles. The van der Waals surface area contributed by atoms with E-state index in [0.29, 0.717) is 13.0 Å². The summed E-state index contributed by atoms with van der Waals surface area (Å²) in [4.78, 5) is 11.8. The van der Waals surface area contributed by atoms with Crippen LogP contribution in [0.3, 0.4) is 0 Å². The molecule has 0 rings (SSSR count). The predicted octanol–water partition coefficient (Wildman–Crippen LogP) is 10.5. The van der Waals surface area contributed by atoms with Gasteiger partial charge in [-0.2, -0.15) is 0 Å². The number of carbonyl (C=O) groups is 1. The number of carbonyl (C=O) groups excluding carboxylic acids is 1. The second-order valence-electron chi connectivity index (χ2n) is 9.74. The molecule has 2 nitrogen and oxygen atoms in total. The molecule has 0 aliphatic heterocycles. The third-order valence-electron chi connectivity index (χ3n) is 6.40. The molecule has 0 amide bonds. The smallest absolute Gasteiger partial charge is 0.305 e. The van der Waals surface area contributed by atoms with Gasteiger partial charge in [-0.25, -0.2) is 0 Å². The Balaban J connectivity index is 3.20. The highest BCUT2D eigenvalue weighted by atomic mass is 16.5. The molecule has 0 fully saturated rings. The minimum atomic E-state index is 0.0125. The van der Waals surface area contributed by atoms with E-state index < -0.39 is 0 Å². The van der Waals surface area contributed by atoms with Crippen molar-refractivity contribution in [3.8, 4) is 0 Å². The lowest BCUT2D eigenvalue weighted by molar-refractivity contribution is -0.143. The summed E-state index contributed by atoms with van der Waals surface area (Å²) in [6, 6.07) is 0. The van der Waals surface area contributed by atoms with E-state index in [4.69, 9.17) is 4.74 Å². The van der Waals surface area contributed by atoms with Crippen LogP contribution in [0.4, 0.5) is 0 Å². The number of esters is 1.